The Labute approximate surface area is 179 Å². The van der Waals surface area contributed by atoms with Crippen LogP contribution in [0.1, 0.15) is 17.5 Å². The second kappa shape index (κ2) is 8.55. The van der Waals surface area contributed by atoms with Gasteiger partial charge < -0.3 is 20.9 Å². The molecular formula is C19H20F5N7O. The number of halogens is 5. The van der Waals surface area contributed by atoms with E-state index in [0.717, 1.165) is 30.4 Å². The van der Waals surface area contributed by atoms with Crippen LogP contribution in [0.5, 0.6) is 0 Å². The Morgan fingerprint density at radius 1 is 1.38 bits per heavy atom. The number of pyridine rings is 2. The topological polar surface area (TPSA) is 111 Å². The molecule has 0 saturated carbocycles. The minimum Gasteiger partial charge on any atom is -0.383 e. The molecule has 2 amide bonds. The lowest BCUT2D eigenvalue weighted by Crippen LogP contribution is -2.59. The van der Waals surface area contributed by atoms with Crippen LogP contribution in [0.2, 0.25) is 0 Å². The molecule has 32 heavy (non-hydrogen) atoms. The Morgan fingerprint density at radius 3 is 2.72 bits per heavy atom. The summed E-state index contributed by atoms with van der Waals surface area (Å²) in [7, 11) is 1.15. The fourth-order valence-electron chi connectivity index (χ4n) is 3.41. The van der Waals surface area contributed by atoms with E-state index < -0.39 is 42.1 Å². The van der Waals surface area contributed by atoms with Gasteiger partial charge in [-0.1, -0.05) is 0 Å². The molecule has 0 aromatic carbocycles. The number of anilines is 3. The zero-order valence-corrected chi connectivity index (χ0v) is 16.8. The number of hydrogen-bond donors (Lipinski definition) is 3. The Balaban J connectivity index is 1.71. The molecular weight excluding hydrogens is 437 g/mol. The van der Waals surface area contributed by atoms with E-state index in [4.69, 9.17) is 11.1 Å². The largest absolute Gasteiger partial charge is 0.416 e. The van der Waals surface area contributed by atoms with Gasteiger partial charge in [0.05, 0.1) is 24.0 Å². The van der Waals surface area contributed by atoms with Crippen LogP contribution < -0.4 is 16.0 Å². The van der Waals surface area contributed by atoms with E-state index in [1.54, 1.807) is 0 Å². The molecule has 4 N–H and O–H groups in total. The highest BCUT2D eigenvalue weighted by Gasteiger charge is 2.48. The molecule has 2 aromatic heterocycles. The van der Waals surface area contributed by atoms with Gasteiger partial charge in [0.15, 0.2) is 0 Å². The van der Waals surface area contributed by atoms with E-state index in [2.05, 4.69) is 15.3 Å². The maximum atomic E-state index is 14.9. The standard InChI is InChI=1S/C19H20F5N7O/c1-30(17(32)29-15-7-12(2-4-27-15)19(22,23)24)14-3-5-31(10-18(14,20)21)13-6-11(8-25)16(26)28-9-13/h2,4,6-9,14,25H,3,5,10H2,1H3,(H2,26,28)(H,27,29,32). The van der Waals surface area contributed by atoms with Gasteiger partial charge in [-0.3, -0.25) is 5.32 Å². The summed E-state index contributed by atoms with van der Waals surface area (Å²) in [6.07, 6.45) is -1.58. The lowest BCUT2D eigenvalue weighted by atomic mass is 9.99. The van der Waals surface area contributed by atoms with Crippen molar-refractivity contribution >= 4 is 29.6 Å². The molecule has 3 heterocycles. The summed E-state index contributed by atoms with van der Waals surface area (Å²) in [5.74, 6) is -3.63. The zero-order chi connectivity index (χ0) is 23.7. The van der Waals surface area contributed by atoms with Crippen molar-refractivity contribution in [2.45, 2.75) is 24.6 Å². The van der Waals surface area contributed by atoms with Crippen LogP contribution in [-0.4, -0.2) is 59.2 Å². The van der Waals surface area contributed by atoms with Gasteiger partial charge in [-0.05, 0) is 24.6 Å². The summed E-state index contributed by atoms with van der Waals surface area (Å²) in [5, 5.41) is 9.45. The number of nitrogens with zero attached hydrogens (tertiary/aromatic N) is 4. The van der Waals surface area contributed by atoms with Crippen LogP contribution in [0.15, 0.2) is 30.6 Å². The summed E-state index contributed by atoms with van der Waals surface area (Å²) >= 11 is 0. The number of aromatic nitrogens is 2. The van der Waals surface area contributed by atoms with Gasteiger partial charge in [0.25, 0.3) is 5.92 Å². The minimum absolute atomic E-state index is 0.102. The van der Waals surface area contributed by atoms with Crippen molar-refractivity contribution in [3.8, 4) is 0 Å². The normalized spacial score (nSPS) is 18.2. The van der Waals surface area contributed by atoms with Crippen molar-refractivity contribution in [3.05, 3.63) is 41.7 Å². The fraction of sp³-hybridized carbons (Fsp3) is 0.368. The Bertz CT molecular complexity index is 1010. The average molecular weight is 457 g/mol. The average Bonchev–Trinajstić information content (AvgIpc) is 2.72. The first-order valence-corrected chi connectivity index (χ1v) is 9.38. The third kappa shape index (κ3) is 4.86. The quantitative estimate of drug-likeness (QED) is 0.481. The fourth-order valence-corrected chi connectivity index (χ4v) is 3.41. The molecule has 1 aliphatic rings. The third-order valence-electron chi connectivity index (χ3n) is 5.13. The first-order chi connectivity index (χ1) is 14.9. The number of rotatable bonds is 4. The van der Waals surface area contributed by atoms with Gasteiger partial charge in [-0.2, -0.15) is 13.2 Å². The van der Waals surface area contributed by atoms with Gasteiger partial charge in [0.2, 0.25) is 0 Å². The van der Waals surface area contributed by atoms with Gasteiger partial charge in [-0.25, -0.2) is 23.5 Å². The molecule has 2 aromatic rings. The molecule has 1 fully saturated rings. The zero-order valence-electron chi connectivity index (χ0n) is 16.8. The molecule has 8 nitrogen and oxygen atoms in total. The molecule has 0 aliphatic carbocycles. The second-order valence-corrected chi connectivity index (χ2v) is 7.27. The van der Waals surface area contributed by atoms with Crippen molar-refractivity contribution in [1.29, 1.82) is 5.41 Å². The maximum Gasteiger partial charge on any atom is 0.416 e. The number of nitrogens with two attached hydrogens (primary N) is 1. The summed E-state index contributed by atoms with van der Waals surface area (Å²) in [6.45, 7) is -0.567. The molecule has 1 atom stereocenters. The van der Waals surface area contributed by atoms with E-state index in [0.29, 0.717) is 11.8 Å². The van der Waals surface area contributed by atoms with Gasteiger partial charge >= 0.3 is 12.2 Å². The van der Waals surface area contributed by atoms with Crippen molar-refractivity contribution < 1.29 is 26.7 Å². The smallest absolute Gasteiger partial charge is 0.383 e. The number of urea groups is 1. The first-order valence-electron chi connectivity index (χ1n) is 9.38. The highest BCUT2D eigenvalue weighted by molar-refractivity contribution is 5.88. The maximum absolute atomic E-state index is 14.9. The lowest BCUT2D eigenvalue weighted by molar-refractivity contribution is -0.137. The summed E-state index contributed by atoms with van der Waals surface area (Å²) in [4.78, 5) is 22.1. The van der Waals surface area contributed by atoms with Crippen molar-refractivity contribution in [3.63, 3.8) is 0 Å². The summed E-state index contributed by atoms with van der Waals surface area (Å²) < 4.78 is 68.3. The van der Waals surface area contributed by atoms with Crippen LogP contribution in [-0.2, 0) is 6.18 Å². The van der Waals surface area contributed by atoms with Crippen LogP contribution in [0, 0.1) is 5.41 Å². The van der Waals surface area contributed by atoms with Crippen molar-refractivity contribution in [2.75, 3.05) is 36.1 Å². The number of amides is 2. The predicted molar refractivity (Wildman–Crippen MR) is 108 cm³/mol. The highest BCUT2D eigenvalue weighted by Crippen LogP contribution is 2.34. The van der Waals surface area contributed by atoms with E-state index >= 15 is 0 Å². The monoisotopic (exact) mass is 457 g/mol. The lowest BCUT2D eigenvalue weighted by Gasteiger charge is -2.42. The molecule has 172 valence electrons. The van der Waals surface area contributed by atoms with Crippen LogP contribution in [0.25, 0.3) is 0 Å². The number of hydrogen-bond acceptors (Lipinski definition) is 6. The number of carbonyl (C=O) groups excluding carboxylic acids is 1. The SMILES string of the molecule is CN(C(=O)Nc1cc(C(F)(F)F)ccn1)C1CCN(c2cnc(N)c(C=N)c2)CC1(F)F. The number of carbonyl (C=O) groups is 1. The summed E-state index contributed by atoms with van der Waals surface area (Å²) in [6, 6.07) is 0.339. The van der Waals surface area contributed by atoms with Crippen molar-refractivity contribution in [1.82, 2.24) is 14.9 Å². The van der Waals surface area contributed by atoms with E-state index in [1.165, 1.54) is 17.2 Å². The molecule has 1 saturated heterocycles. The number of nitrogen functional groups attached to an aromatic ring is 1. The molecule has 0 bridgehead atoms. The Kier molecular flexibility index (Phi) is 6.19. The molecule has 1 unspecified atom stereocenters. The van der Waals surface area contributed by atoms with Crippen molar-refractivity contribution in [2.24, 2.45) is 0 Å². The molecule has 0 spiro atoms. The number of piperidine rings is 1. The molecule has 0 radical (unpaired) electrons. The highest BCUT2D eigenvalue weighted by atomic mass is 19.4. The van der Waals surface area contributed by atoms with Crippen LogP contribution in [0.3, 0.4) is 0 Å². The van der Waals surface area contributed by atoms with E-state index in [-0.39, 0.29) is 24.3 Å². The number of alkyl halides is 5. The second-order valence-electron chi connectivity index (χ2n) is 7.27. The number of nitrogens with one attached hydrogen (secondary N) is 2. The predicted octanol–water partition coefficient (Wildman–Crippen LogP) is 3.45. The van der Waals surface area contributed by atoms with Crippen LogP contribution >= 0.6 is 0 Å². The van der Waals surface area contributed by atoms with Gasteiger partial charge in [0, 0.05) is 31.6 Å². The van der Waals surface area contributed by atoms with E-state index in [1.807, 2.05) is 0 Å². The molecule has 1 aliphatic heterocycles. The Morgan fingerprint density at radius 2 is 2.09 bits per heavy atom. The molecule has 3 rings (SSSR count). The summed E-state index contributed by atoms with van der Waals surface area (Å²) in [5.41, 5.74) is 5.25. The van der Waals surface area contributed by atoms with Gasteiger partial charge in [-0.15, -0.1) is 0 Å². The third-order valence-corrected chi connectivity index (χ3v) is 5.13. The van der Waals surface area contributed by atoms with Crippen LogP contribution in [0.4, 0.5) is 44.1 Å². The van der Waals surface area contributed by atoms with Gasteiger partial charge in [0.1, 0.15) is 17.7 Å². The Hall–Kier alpha value is -3.51. The minimum atomic E-state index is -4.64. The molecule has 13 heteroatoms. The first kappa shape index (κ1) is 23.2. The van der Waals surface area contributed by atoms with E-state index in [9.17, 15) is 26.7 Å².